The van der Waals surface area contributed by atoms with E-state index in [0.717, 1.165) is 28.7 Å². The third-order valence-corrected chi connectivity index (χ3v) is 6.24. The molecule has 1 aromatic carbocycles. The molecule has 1 aliphatic rings. The Morgan fingerprint density at radius 2 is 2.07 bits per heavy atom. The van der Waals surface area contributed by atoms with Crippen LogP contribution in [0.5, 0.6) is 0 Å². The van der Waals surface area contributed by atoms with Crippen LogP contribution in [0.4, 0.5) is 0 Å². The number of methoxy groups -OCH3 is 1. The molecule has 8 nitrogen and oxygen atoms in total. The molecule has 0 amide bonds. The zero-order valence-corrected chi connectivity index (χ0v) is 17.9. The van der Waals surface area contributed by atoms with Crippen LogP contribution in [0, 0.1) is 0 Å². The van der Waals surface area contributed by atoms with Crippen LogP contribution in [0.15, 0.2) is 29.1 Å². The number of pyridine rings is 1. The van der Waals surface area contributed by atoms with Gasteiger partial charge in [0.15, 0.2) is 0 Å². The van der Waals surface area contributed by atoms with Crippen LogP contribution in [0.1, 0.15) is 49.6 Å². The molecule has 0 radical (unpaired) electrons. The van der Waals surface area contributed by atoms with E-state index in [1.165, 1.54) is 36.1 Å². The van der Waals surface area contributed by atoms with Gasteiger partial charge in [0.05, 0.1) is 24.8 Å². The van der Waals surface area contributed by atoms with E-state index >= 15 is 0 Å². The lowest BCUT2D eigenvalue weighted by Crippen LogP contribution is -3.13. The van der Waals surface area contributed by atoms with Gasteiger partial charge in [0.1, 0.15) is 13.1 Å². The highest BCUT2D eigenvalue weighted by Gasteiger charge is 2.29. The third-order valence-electron chi connectivity index (χ3n) is 6.24. The number of fused-ring (bicyclic) bond motifs is 1. The van der Waals surface area contributed by atoms with Gasteiger partial charge in [-0.1, -0.05) is 13.0 Å². The van der Waals surface area contributed by atoms with Crippen LogP contribution in [-0.2, 0) is 30.8 Å². The standard InChI is InChI=1S/C22H30N6O2/c1-3-16-8-9-20-17(12-16)13-18(22(29)23-20)14-27(19-6-4-5-7-19)15-21-24-25-26-28(21)10-11-30-2/h8-9,12-13,19H,3-7,10-11,14-15H2,1-2H3,(H,23,29)/p+1. The van der Waals surface area contributed by atoms with E-state index in [2.05, 4.69) is 45.6 Å². The molecule has 160 valence electrons. The molecule has 1 atom stereocenters. The van der Waals surface area contributed by atoms with E-state index in [1.807, 2.05) is 10.7 Å². The Bertz CT molecular complexity index is 1040. The normalized spacial score (nSPS) is 15.8. The molecule has 1 unspecified atom stereocenters. The Hall–Kier alpha value is -2.58. The lowest BCUT2D eigenvalue weighted by molar-refractivity contribution is -0.952. The zero-order chi connectivity index (χ0) is 20.9. The lowest BCUT2D eigenvalue weighted by atomic mass is 10.1. The SMILES string of the molecule is CCc1ccc2[nH]c(=O)c(C[NH+](Cc3nnnn3CCOC)C3CCCC3)cc2c1. The molecule has 3 aromatic rings. The van der Waals surface area contributed by atoms with Gasteiger partial charge in [0.25, 0.3) is 5.56 Å². The predicted octanol–water partition coefficient (Wildman–Crippen LogP) is 1.25. The summed E-state index contributed by atoms with van der Waals surface area (Å²) in [6, 6.07) is 8.85. The van der Waals surface area contributed by atoms with E-state index < -0.39 is 0 Å². The Labute approximate surface area is 176 Å². The quantitative estimate of drug-likeness (QED) is 0.553. The summed E-state index contributed by atoms with van der Waals surface area (Å²) < 4.78 is 6.99. The molecule has 0 aliphatic heterocycles. The molecular formula is C22H31N6O2+. The maximum absolute atomic E-state index is 12.8. The zero-order valence-electron chi connectivity index (χ0n) is 17.9. The molecule has 2 heterocycles. The minimum atomic E-state index is 0.00113. The molecule has 0 spiro atoms. The number of rotatable bonds is 9. The van der Waals surface area contributed by atoms with Crippen molar-refractivity contribution in [1.29, 1.82) is 0 Å². The molecular weight excluding hydrogens is 380 g/mol. The van der Waals surface area contributed by atoms with Crippen LogP contribution in [0.2, 0.25) is 0 Å². The summed E-state index contributed by atoms with van der Waals surface area (Å²) >= 11 is 0. The van der Waals surface area contributed by atoms with Crippen molar-refractivity contribution in [3.8, 4) is 0 Å². The first kappa shape index (κ1) is 20.7. The van der Waals surface area contributed by atoms with Gasteiger partial charge in [-0.05, 0) is 71.7 Å². The molecule has 0 saturated heterocycles. The van der Waals surface area contributed by atoms with Crippen molar-refractivity contribution in [2.45, 2.75) is 64.7 Å². The first-order chi connectivity index (χ1) is 14.7. The van der Waals surface area contributed by atoms with Gasteiger partial charge in [0.2, 0.25) is 5.82 Å². The highest BCUT2D eigenvalue weighted by molar-refractivity contribution is 5.79. The minimum Gasteiger partial charge on any atom is -0.383 e. The van der Waals surface area contributed by atoms with Gasteiger partial charge in [0, 0.05) is 12.6 Å². The first-order valence-electron chi connectivity index (χ1n) is 10.9. The second-order valence-corrected chi connectivity index (χ2v) is 8.20. The lowest BCUT2D eigenvalue weighted by Gasteiger charge is -2.25. The molecule has 30 heavy (non-hydrogen) atoms. The third kappa shape index (κ3) is 4.60. The van der Waals surface area contributed by atoms with E-state index in [0.29, 0.717) is 32.3 Å². The molecule has 4 rings (SSSR count). The molecule has 1 saturated carbocycles. The van der Waals surface area contributed by atoms with Gasteiger partial charge in [-0.25, -0.2) is 4.68 Å². The van der Waals surface area contributed by atoms with Crippen molar-refractivity contribution in [2.75, 3.05) is 13.7 Å². The number of quaternary nitrogens is 1. The second kappa shape index (κ2) is 9.49. The number of H-pyrrole nitrogens is 1. The van der Waals surface area contributed by atoms with Gasteiger partial charge in [-0.15, -0.1) is 5.10 Å². The summed E-state index contributed by atoms with van der Waals surface area (Å²) in [5.41, 5.74) is 3.00. The number of aromatic amines is 1. The maximum Gasteiger partial charge on any atom is 0.257 e. The Morgan fingerprint density at radius 3 is 2.83 bits per heavy atom. The molecule has 8 heteroatoms. The van der Waals surface area contributed by atoms with Crippen molar-refractivity contribution in [1.82, 2.24) is 25.2 Å². The molecule has 2 N–H and O–H groups in total. The summed E-state index contributed by atoms with van der Waals surface area (Å²) in [6.07, 6.45) is 5.84. The van der Waals surface area contributed by atoms with Crippen LogP contribution in [0.25, 0.3) is 10.9 Å². The fourth-order valence-corrected chi connectivity index (χ4v) is 4.49. The van der Waals surface area contributed by atoms with E-state index in [4.69, 9.17) is 4.74 Å². The number of nitrogens with one attached hydrogen (secondary N) is 2. The van der Waals surface area contributed by atoms with Crippen molar-refractivity contribution in [3.05, 3.63) is 51.6 Å². The topological polar surface area (TPSA) is 90.1 Å². The number of ether oxygens (including phenoxy) is 1. The smallest absolute Gasteiger partial charge is 0.257 e. The second-order valence-electron chi connectivity index (χ2n) is 8.20. The molecule has 1 aliphatic carbocycles. The number of benzene rings is 1. The monoisotopic (exact) mass is 411 g/mol. The summed E-state index contributed by atoms with van der Waals surface area (Å²) in [5.74, 6) is 0.847. The fourth-order valence-electron chi connectivity index (χ4n) is 4.49. The summed E-state index contributed by atoms with van der Waals surface area (Å²) in [6.45, 7) is 4.72. The minimum absolute atomic E-state index is 0.00113. The predicted molar refractivity (Wildman–Crippen MR) is 114 cm³/mol. The average molecular weight is 412 g/mol. The van der Waals surface area contributed by atoms with Gasteiger partial charge < -0.3 is 14.6 Å². The summed E-state index contributed by atoms with van der Waals surface area (Å²) in [5, 5.41) is 13.3. The Balaban J connectivity index is 1.61. The van der Waals surface area contributed by atoms with Crippen molar-refractivity contribution in [3.63, 3.8) is 0 Å². The fraction of sp³-hybridized carbons (Fsp3) is 0.545. The molecule has 1 fully saturated rings. The average Bonchev–Trinajstić information content (AvgIpc) is 3.44. The van der Waals surface area contributed by atoms with Gasteiger partial charge in [-0.3, -0.25) is 4.79 Å². The van der Waals surface area contributed by atoms with Crippen LogP contribution >= 0.6 is 0 Å². The highest BCUT2D eigenvalue weighted by atomic mass is 16.5. The van der Waals surface area contributed by atoms with Crippen molar-refractivity contribution in [2.24, 2.45) is 0 Å². The number of aromatic nitrogens is 5. The highest BCUT2D eigenvalue weighted by Crippen LogP contribution is 2.17. The Kier molecular flexibility index (Phi) is 6.54. The summed E-state index contributed by atoms with van der Waals surface area (Å²) in [7, 11) is 1.68. The van der Waals surface area contributed by atoms with Crippen molar-refractivity contribution >= 4 is 10.9 Å². The Morgan fingerprint density at radius 1 is 1.23 bits per heavy atom. The van der Waals surface area contributed by atoms with Crippen molar-refractivity contribution < 1.29 is 9.64 Å². The number of hydrogen-bond acceptors (Lipinski definition) is 5. The molecule has 0 bridgehead atoms. The van der Waals surface area contributed by atoms with Crippen LogP contribution < -0.4 is 10.5 Å². The largest absolute Gasteiger partial charge is 0.383 e. The molecule has 2 aromatic heterocycles. The number of nitrogens with zero attached hydrogens (tertiary/aromatic N) is 4. The van der Waals surface area contributed by atoms with Crippen LogP contribution in [-0.4, -0.2) is 44.9 Å². The number of aryl methyl sites for hydroxylation is 1. The van der Waals surface area contributed by atoms with E-state index in [-0.39, 0.29) is 5.56 Å². The summed E-state index contributed by atoms with van der Waals surface area (Å²) in [4.78, 5) is 17.2. The maximum atomic E-state index is 12.8. The van der Waals surface area contributed by atoms with Crippen LogP contribution in [0.3, 0.4) is 0 Å². The number of hydrogen-bond donors (Lipinski definition) is 2. The first-order valence-corrected chi connectivity index (χ1v) is 10.9. The van der Waals surface area contributed by atoms with E-state index in [9.17, 15) is 4.79 Å². The van der Waals surface area contributed by atoms with Gasteiger partial charge >= 0.3 is 0 Å². The van der Waals surface area contributed by atoms with Gasteiger partial charge in [-0.2, -0.15) is 0 Å². The van der Waals surface area contributed by atoms with E-state index in [1.54, 1.807) is 7.11 Å². The number of tetrazole rings is 1.